The van der Waals surface area contributed by atoms with Crippen molar-refractivity contribution < 1.29 is 0 Å². The van der Waals surface area contributed by atoms with Gasteiger partial charge in [0, 0.05) is 25.2 Å². The predicted octanol–water partition coefficient (Wildman–Crippen LogP) is 0.504. The van der Waals surface area contributed by atoms with Crippen molar-refractivity contribution >= 4 is 0 Å². The summed E-state index contributed by atoms with van der Waals surface area (Å²) in [6, 6.07) is 1.16. The molecule has 2 saturated heterocycles. The van der Waals surface area contributed by atoms with E-state index in [1.165, 1.54) is 45.4 Å². The van der Waals surface area contributed by atoms with Crippen LogP contribution >= 0.6 is 0 Å². The monoisotopic (exact) mass is 197 g/mol. The maximum atomic E-state index is 5.90. The molecule has 2 unspecified atom stereocenters. The Bertz CT molecular complexity index is 177. The Morgan fingerprint density at radius 3 is 2.57 bits per heavy atom. The van der Waals surface area contributed by atoms with E-state index in [0.29, 0.717) is 6.04 Å². The summed E-state index contributed by atoms with van der Waals surface area (Å²) >= 11 is 0. The molecule has 0 bridgehead atoms. The number of nitrogens with two attached hydrogens (primary N) is 1. The van der Waals surface area contributed by atoms with Crippen molar-refractivity contribution in [3.63, 3.8) is 0 Å². The van der Waals surface area contributed by atoms with Gasteiger partial charge in [0.05, 0.1) is 0 Å². The molecular formula is C11H23N3. The first kappa shape index (κ1) is 10.4. The van der Waals surface area contributed by atoms with E-state index in [1.54, 1.807) is 0 Å². The molecule has 0 spiro atoms. The molecule has 0 radical (unpaired) electrons. The molecule has 2 heterocycles. The quantitative estimate of drug-likeness (QED) is 0.715. The first-order chi connectivity index (χ1) is 6.75. The van der Waals surface area contributed by atoms with E-state index >= 15 is 0 Å². The van der Waals surface area contributed by atoms with Gasteiger partial charge < -0.3 is 10.6 Å². The summed E-state index contributed by atoms with van der Waals surface area (Å²) in [7, 11) is 0. The SMILES string of the molecule is CC(CN1CCC(N)C1)N1CCCC1. The van der Waals surface area contributed by atoms with Crippen LogP contribution in [0.25, 0.3) is 0 Å². The summed E-state index contributed by atoms with van der Waals surface area (Å²) < 4.78 is 0. The second-order valence-electron chi connectivity index (χ2n) is 4.90. The maximum absolute atomic E-state index is 5.90. The Morgan fingerprint density at radius 2 is 2.00 bits per heavy atom. The summed E-state index contributed by atoms with van der Waals surface area (Å²) in [4.78, 5) is 5.14. The Balaban J connectivity index is 1.73. The zero-order valence-electron chi connectivity index (χ0n) is 9.28. The van der Waals surface area contributed by atoms with Crippen molar-refractivity contribution in [2.45, 2.75) is 38.3 Å². The van der Waals surface area contributed by atoms with Crippen molar-refractivity contribution in [3.8, 4) is 0 Å². The van der Waals surface area contributed by atoms with Crippen LogP contribution in [0.1, 0.15) is 26.2 Å². The van der Waals surface area contributed by atoms with Crippen LogP contribution in [0.2, 0.25) is 0 Å². The minimum Gasteiger partial charge on any atom is -0.326 e. The third-order valence-corrected chi connectivity index (χ3v) is 3.60. The lowest BCUT2D eigenvalue weighted by Gasteiger charge is -2.28. The van der Waals surface area contributed by atoms with Gasteiger partial charge in [-0.15, -0.1) is 0 Å². The fraction of sp³-hybridized carbons (Fsp3) is 1.00. The Morgan fingerprint density at radius 1 is 1.29 bits per heavy atom. The Kier molecular flexibility index (Phi) is 3.42. The molecule has 3 heteroatoms. The van der Waals surface area contributed by atoms with E-state index in [4.69, 9.17) is 5.73 Å². The highest BCUT2D eigenvalue weighted by Crippen LogP contribution is 2.14. The number of hydrogen-bond acceptors (Lipinski definition) is 3. The molecule has 0 aromatic heterocycles. The fourth-order valence-electron chi connectivity index (χ4n) is 2.70. The normalized spacial score (nSPS) is 32.6. The van der Waals surface area contributed by atoms with E-state index < -0.39 is 0 Å². The molecule has 2 rings (SSSR count). The van der Waals surface area contributed by atoms with Crippen molar-refractivity contribution in [2.24, 2.45) is 5.73 Å². The molecule has 2 fully saturated rings. The van der Waals surface area contributed by atoms with Gasteiger partial charge >= 0.3 is 0 Å². The van der Waals surface area contributed by atoms with Crippen LogP contribution in [-0.4, -0.2) is 54.6 Å². The van der Waals surface area contributed by atoms with Crippen LogP contribution in [0.5, 0.6) is 0 Å². The first-order valence-electron chi connectivity index (χ1n) is 5.97. The molecule has 14 heavy (non-hydrogen) atoms. The predicted molar refractivity (Wildman–Crippen MR) is 59.3 cm³/mol. The van der Waals surface area contributed by atoms with Crippen LogP contribution in [0, 0.1) is 0 Å². The van der Waals surface area contributed by atoms with Gasteiger partial charge in [0.1, 0.15) is 0 Å². The zero-order chi connectivity index (χ0) is 9.97. The van der Waals surface area contributed by atoms with Gasteiger partial charge in [0.25, 0.3) is 0 Å². The molecule has 3 nitrogen and oxygen atoms in total. The lowest BCUT2D eigenvalue weighted by Crippen LogP contribution is -2.40. The van der Waals surface area contributed by atoms with Gasteiger partial charge in [-0.1, -0.05) is 0 Å². The first-order valence-corrected chi connectivity index (χ1v) is 5.97. The van der Waals surface area contributed by atoms with Crippen LogP contribution < -0.4 is 5.73 Å². The van der Waals surface area contributed by atoms with Gasteiger partial charge in [-0.25, -0.2) is 0 Å². The van der Waals surface area contributed by atoms with Crippen LogP contribution in [0.3, 0.4) is 0 Å². The molecule has 0 aromatic rings. The van der Waals surface area contributed by atoms with Gasteiger partial charge in [-0.3, -0.25) is 4.90 Å². The largest absolute Gasteiger partial charge is 0.326 e. The van der Waals surface area contributed by atoms with Gasteiger partial charge in [-0.05, 0) is 45.8 Å². The van der Waals surface area contributed by atoms with Crippen molar-refractivity contribution in [1.82, 2.24) is 9.80 Å². The van der Waals surface area contributed by atoms with Crippen LogP contribution in [-0.2, 0) is 0 Å². The summed E-state index contributed by atoms with van der Waals surface area (Å²) in [5.41, 5.74) is 5.90. The smallest absolute Gasteiger partial charge is 0.0194 e. The average Bonchev–Trinajstić information content (AvgIpc) is 2.75. The molecule has 0 aliphatic carbocycles. The molecule has 0 saturated carbocycles. The van der Waals surface area contributed by atoms with Crippen LogP contribution in [0.15, 0.2) is 0 Å². The number of hydrogen-bond donors (Lipinski definition) is 1. The van der Waals surface area contributed by atoms with Crippen molar-refractivity contribution in [2.75, 3.05) is 32.7 Å². The molecule has 0 aromatic carbocycles. The van der Waals surface area contributed by atoms with Crippen molar-refractivity contribution in [1.29, 1.82) is 0 Å². The lowest BCUT2D eigenvalue weighted by atomic mass is 10.3. The molecule has 82 valence electrons. The average molecular weight is 197 g/mol. The van der Waals surface area contributed by atoms with E-state index in [2.05, 4.69) is 16.7 Å². The fourth-order valence-corrected chi connectivity index (χ4v) is 2.70. The second-order valence-corrected chi connectivity index (χ2v) is 4.90. The van der Waals surface area contributed by atoms with E-state index in [1.807, 2.05) is 0 Å². The minimum absolute atomic E-state index is 0.431. The van der Waals surface area contributed by atoms with Crippen LogP contribution in [0.4, 0.5) is 0 Å². The van der Waals surface area contributed by atoms with Gasteiger partial charge in [-0.2, -0.15) is 0 Å². The van der Waals surface area contributed by atoms with E-state index in [-0.39, 0.29) is 0 Å². The zero-order valence-corrected chi connectivity index (χ0v) is 9.28. The lowest BCUT2D eigenvalue weighted by molar-refractivity contribution is 0.191. The van der Waals surface area contributed by atoms with Gasteiger partial charge in [0.15, 0.2) is 0 Å². The summed E-state index contributed by atoms with van der Waals surface area (Å²) in [6.07, 6.45) is 3.97. The third kappa shape index (κ3) is 2.47. The van der Waals surface area contributed by atoms with Gasteiger partial charge in [0.2, 0.25) is 0 Å². The minimum atomic E-state index is 0.431. The summed E-state index contributed by atoms with van der Waals surface area (Å²) in [5, 5.41) is 0. The molecular weight excluding hydrogens is 174 g/mol. The summed E-state index contributed by atoms with van der Waals surface area (Å²) in [5.74, 6) is 0. The van der Waals surface area contributed by atoms with E-state index in [9.17, 15) is 0 Å². The maximum Gasteiger partial charge on any atom is 0.0194 e. The highest BCUT2D eigenvalue weighted by Gasteiger charge is 2.24. The van der Waals surface area contributed by atoms with E-state index in [0.717, 1.165) is 12.6 Å². The molecule has 2 aliphatic heterocycles. The Hall–Kier alpha value is -0.120. The topological polar surface area (TPSA) is 32.5 Å². The highest BCUT2D eigenvalue weighted by atomic mass is 15.2. The standard InChI is InChI=1S/C11H23N3/c1-10(14-5-2-3-6-14)8-13-7-4-11(12)9-13/h10-11H,2-9,12H2,1H3. The highest BCUT2D eigenvalue weighted by molar-refractivity contribution is 4.82. The summed E-state index contributed by atoms with van der Waals surface area (Å²) in [6.45, 7) is 8.50. The van der Waals surface area contributed by atoms with Crippen molar-refractivity contribution in [3.05, 3.63) is 0 Å². The number of rotatable bonds is 3. The number of nitrogens with zero attached hydrogens (tertiary/aromatic N) is 2. The molecule has 2 atom stereocenters. The Labute approximate surface area is 87.2 Å². The molecule has 2 N–H and O–H groups in total. The molecule has 0 amide bonds. The number of likely N-dealkylation sites (tertiary alicyclic amines) is 2. The second kappa shape index (κ2) is 4.60. The molecule has 2 aliphatic rings. The third-order valence-electron chi connectivity index (χ3n) is 3.60.